The summed E-state index contributed by atoms with van der Waals surface area (Å²) in [5.74, 6) is -0.0752. The van der Waals surface area contributed by atoms with E-state index in [0.29, 0.717) is 17.0 Å². The Morgan fingerprint density at radius 1 is 1.00 bits per heavy atom. The number of methoxy groups -OCH3 is 1. The highest BCUT2D eigenvalue weighted by Gasteiger charge is 2.59. The predicted octanol–water partition coefficient (Wildman–Crippen LogP) is 4.66. The van der Waals surface area contributed by atoms with Crippen LogP contribution in [0.15, 0.2) is 61.9 Å². The molecule has 1 unspecified atom stereocenters. The Morgan fingerprint density at radius 3 is 2.44 bits per heavy atom. The lowest BCUT2D eigenvalue weighted by atomic mass is 9.89. The van der Waals surface area contributed by atoms with Crippen LogP contribution in [0.2, 0.25) is 0 Å². The fraction of sp³-hybridized carbons (Fsp3) is 0.360. The van der Waals surface area contributed by atoms with Gasteiger partial charge in [0.2, 0.25) is 18.1 Å². The maximum atomic E-state index is 12.6. The molecule has 0 amide bonds. The van der Waals surface area contributed by atoms with Crippen molar-refractivity contribution in [3.63, 3.8) is 0 Å². The minimum atomic E-state index is -1.03. The Morgan fingerprint density at radius 2 is 1.72 bits per heavy atom. The van der Waals surface area contributed by atoms with E-state index in [4.69, 9.17) is 28.1 Å². The lowest BCUT2D eigenvalue weighted by Crippen LogP contribution is -2.62. The maximum Gasteiger partial charge on any atom is 0.509 e. The number of ether oxygens (including phenoxy) is 5. The third-order valence-corrected chi connectivity index (χ3v) is 6.20. The van der Waals surface area contributed by atoms with Crippen LogP contribution < -0.4 is 10.4 Å². The molecule has 11 heteroatoms. The molecule has 1 N–H and O–H groups in total. The van der Waals surface area contributed by atoms with E-state index in [2.05, 4.69) is 10.2 Å². The Balaban J connectivity index is 1.48. The number of nitrogens with zero attached hydrogens (tertiary/aromatic N) is 2. The average molecular weight is 496 g/mol. The van der Waals surface area contributed by atoms with Crippen molar-refractivity contribution in [3.05, 3.63) is 58.4 Å². The number of carbonyl (C=O) groups is 1. The molecule has 2 aliphatic heterocycles. The van der Waals surface area contributed by atoms with Crippen molar-refractivity contribution in [3.8, 4) is 11.5 Å². The van der Waals surface area contributed by atoms with Gasteiger partial charge in [0, 0.05) is 12.7 Å². The van der Waals surface area contributed by atoms with E-state index in [-0.39, 0.29) is 22.4 Å². The number of fused-ring (bicyclic) bond motifs is 2. The molecule has 0 aliphatic carbocycles. The summed E-state index contributed by atoms with van der Waals surface area (Å²) >= 11 is 0. The second kappa shape index (κ2) is 8.92. The average Bonchev–Trinajstić information content (AvgIpc) is 3.22. The zero-order valence-electron chi connectivity index (χ0n) is 20.0. The molecule has 0 bridgehead atoms. The first-order chi connectivity index (χ1) is 17.2. The third kappa shape index (κ3) is 4.06. The highest BCUT2D eigenvalue weighted by Crippen LogP contribution is 2.41. The third-order valence-electron chi connectivity index (χ3n) is 6.20. The molecule has 2 fully saturated rings. The molecule has 2 saturated heterocycles. The molecule has 2 aliphatic rings. The molecule has 0 saturated carbocycles. The van der Waals surface area contributed by atoms with Crippen LogP contribution in [0.25, 0.3) is 11.0 Å². The fourth-order valence-electron chi connectivity index (χ4n) is 4.47. The predicted molar refractivity (Wildman–Crippen MR) is 125 cm³/mol. The van der Waals surface area contributed by atoms with Crippen LogP contribution in [0.3, 0.4) is 0 Å². The van der Waals surface area contributed by atoms with Crippen LogP contribution in [0.5, 0.6) is 11.5 Å². The number of aryl methyl sites for hydroxylation is 1. The van der Waals surface area contributed by atoms with Crippen LogP contribution in [-0.4, -0.2) is 48.6 Å². The van der Waals surface area contributed by atoms with Gasteiger partial charge >= 0.3 is 11.8 Å². The van der Waals surface area contributed by atoms with Crippen LogP contribution in [-0.2, 0) is 18.9 Å². The summed E-state index contributed by atoms with van der Waals surface area (Å²) in [4.78, 5) is 24.5. The van der Waals surface area contributed by atoms with Gasteiger partial charge in [-0.15, -0.1) is 5.11 Å². The minimum Gasteiger partial charge on any atom is -0.505 e. The number of azo groups is 1. The highest BCUT2D eigenvalue weighted by molar-refractivity contribution is 5.90. The van der Waals surface area contributed by atoms with E-state index in [9.17, 15) is 14.7 Å². The monoisotopic (exact) mass is 496 g/mol. The van der Waals surface area contributed by atoms with Crippen molar-refractivity contribution in [2.75, 3.05) is 7.11 Å². The zero-order chi connectivity index (χ0) is 25.6. The SMILES string of the molecule is CO[C@@H]1[C@@H]2OC(=O)OC2[C@H](Oc2ccc3c(O)c(/N=N/c4ccccc4)c(=O)oc3c2C)OC1(C)C. The van der Waals surface area contributed by atoms with Gasteiger partial charge in [0.15, 0.2) is 11.9 Å². The van der Waals surface area contributed by atoms with Crippen molar-refractivity contribution in [1.82, 2.24) is 0 Å². The van der Waals surface area contributed by atoms with Crippen LogP contribution in [0.1, 0.15) is 19.4 Å². The molecule has 3 heterocycles. The quantitative estimate of drug-likeness (QED) is 0.304. The molecule has 188 valence electrons. The van der Waals surface area contributed by atoms with E-state index >= 15 is 0 Å². The van der Waals surface area contributed by atoms with Gasteiger partial charge in [-0.1, -0.05) is 18.2 Å². The smallest absolute Gasteiger partial charge is 0.505 e. The first-order valence-electron chi connectivity index (χ1n) is 11.2. The van der Waals surface area contributed by atoms with Gasteiger partial charge in [0.05, 0.1) is 16.7 Å². The van der Waals surface area contributed by atoms with Gasteiger partial charge < -0.3 is 33.2 Å². The highest BCUT2D eigenvalue weighted by atomic mass is 16.8. The summed E-state index contributed by atoms with van der Waals surface area (Å²) in [6.45, 7) is 5.23. The molecule has 5 rings (SSSR count). The van der Waals surface area contributed by atoms with Crippen molar-refractivity contribution >= 4 is 28.5 Å². The maximum absolute atomic E-state index is 12.6. The van der Waals surface area contributed by atoms with Gasteiger partial charge in [0.1, 0.15) is 17.4 Å². The Labute approximate surface area is 205 Å². The summed E-state index contributed by atoms with van der Waals surface area (Å²) in [5, 5.41) is 18.9. The number of hydrogen-bond acceptors (Lipinski definition) is 11. The topological polar surface area (TPSA) is 138 Å². The number of benzene rings is 2. The van der Waals surface area contributed by atoms with E-state index in [1.165, 1.54) is 13.2 Å². The Kier molecular flexibility index (Phi) is 5.89. The summed E-state index contributed by atoms with van der Waals surface area (Å²) in [7, 11) is 1.50. The summed E-state index contributed by atoms with van der Waals surface area (Å²) in [6.07, 6.45) is -4.07. The van der Waals surface area contributed by atoms with Crippen LogP contribution in [0, 0.1) is 6.92 Å². The van der Waals surface area contributed by atoms with Crippen molar-refractivity contribution < 1.29 is 38.0 Å². The number of rotatable bonds is 5. The zero-order valence-corrected chi connectivity index (χ0v) is 20.0. The first kappa shape index (κ1) is 23.8. The van der Waals surface area contributed by atoms with Gasteiger partial charge in [-0.2, -0.15) is 5.11 Å². The molecule has 4 atom stereocenters. The van der Waals surface area contributed by atoms with Gasteiger partial charge in [-0.25, -0.2) is 9.59 Å². The van der Waals surface area contributed by atoms with Crippen LogP contribution >= 0.6 is 0 Å². The number of carbonyl (C=O) groups excluding carboxylic acids is 1. The molecule has 1 aromatic heterocycles. The van der Waals surface area contributed by atoms with E-state index in [1.54, 1.807) is 51.1 Å². The minimum absolute atomic E-state index is 0.106. The lowest BCUT2D eigenvalue weighted by Gasteiger charge is -2.45. The van der Waals surface area contributed by atoms with Crippen LogP contribution in [0.4, 0.5) is 16.2 Å². The largest absolute Gasteiger partial charge is 0.509 e. The number of aromatic hydroxyl groups is 1. The molecule has 3 aromatic rings. The second-order valence-corrected chi connectivity index (χ2v) is 8.97. The van der Waals surface area contributed by atoms with E-state index < -0.39 is 42.0 Å². The van der Waals surface area contributed by atoms with Gasteiger partial charge in [-0.05, 0) is 45.0 Å². The van der Waals surface area contributed by atoms with E-state index in [1.807, 2.05) is 6.07 Å². The molecule has 0 spiro atoms. The van der Waals surface area contributed by atoms with E-state index in [0.717, 1.165) is 0 Å². The van der Waals surface area contributed by atoms with Crippen molar-refractivity contribution in [2.24, 2.45) is 10.2 Å². The molecule has 36 heavy (non-hydrogen) atoms. The summed E-state index contributed by atoms with van der Waals surface area (Å²) < 4.78 is 33.7. The summed E-state index contributed by atoms with van der Waals surface area (Å²) in [6, 6.07) is 11.9. The first-order valence-corrected chi connectivity index (χ1v) is 11.2. The molecule has 11 nitrogen and oxygen atoms in total. The summed E-state index contributed by atoms with van der Waals surface area (Å²) in [5.41, 5.74) is -1.02. The standard InChI is InChI=1S/C25H24N2O9/c1-12-15(32-23-20-19(34-24(30)35-20)21(31-4)25(2,3)36-23)11-10-14-17(28)16(22(29)33-18(12)14)27-26-13-8-6-5-7-9-13/h5-11,19-21,23,28H,1-4H3/b27-26+/t19-,20?,21-,23-/m1/s1. The molecule has 0 radical (unpaired) electrons. The van der Waals surface area contributed by atoms with Crippen molar-refractivity contribution in [2.45, 2.75) is 51.0 Å². The fourth-order valence-corrected chi connectivity index (χ4v) is 4.47. The Bertz CT molecular complexity index is 1400. The molecule has 2 aromatic carbocycles. The molecular formula is C25H24N2O9. The molecular weight excluding hydrogens is 472 g/mol. The van der Waals surface area contributed by atoms with Gasteiger partial charge in [-0.3, -0.25) is 0 Å². The van der Waals surface area contributed by atoms with Gasteiger partial charge in [0.25, 0.3) is 0 Å². The Hall–Kier alpha value is -3.96. The van der Waals surface area contributed by atoms with Crippen molar-refractivity contribution in [1.29, 1.82) is 0 Å². The number of hydrogen-bond donors (Lipinski definition) is 1. The normalized spacial score (nSPS) is 24.9. The second-order valence-electron chi connectivity index (χ2n) is 8.97. The lowest BCUT2D eigenvalue weighted by molar-refractivity contribution is -0.282.